The number of carbonyl (C=O) groups is 1. The zero-order valence-electron chi connectivity index (χ0n) is 12.2. The molecule has 0 radical (unpaired) electrons. The minimum Gasteiger partial charge on any atom is -0.388 e. The van der Waals surface area contributed by atoms with Gasteiger partial charge in [0, 0.05) is 5.69 Å². The normalized spacial score (nSPS) is 18.3. The Hall–Kier alpha value is -1.35. The van der Waals surface area contributed by atoms with Gasteiger partial charge in [-0.05, 0) is 49.8 Å². The van der Waals surface area contributed by atoms with Gasteiger partial charge in [-0.15, -0.1) is 0 Å². The first-order valence-corrected chi connectivity index (χ1v) is 6.96. The largest absolute Gasteiger partial charge is 0.388 e. The highest BCUT2D eigenvalue weighted by molar-refractivity contribution is 6.05. The first-order chi connectivity index (χ1) is 8.82. The van der Waals surface area contributed by atoms with Gasteiger partial charge in [0.25, 0.3) is 0 Å². The highest BCUT2D eigenvalue weighted by Gasteiger charge is 2.38. The summed E-state index contributed by atoms with van der Waals surface area (Å²) in [4.78, 5) is 11.9. The van der Waals surface area contributed by atoms with Crippen molar-refractivity contribution in [2.45, 2.75) is 52.1 Å². The molecule has 1 aromatic rings. The van der Waals surface area contributed by atoms with Crippen molar-refractivity contribution in [3.05, 3.63) is 29.3 Å². The number of hydrogen-bond donors (Lipinski definition) is 2. The van der Waals surface area contributed by atoms with Crippen molar-refractivity contribution >= 4 is 11.6 Å². The first kappa shape index (κ1) is 14.1. The molecule has 0 bridgehead atoms. The zero-order chi connectivity index (χ0) is 14.2. The summed E-state index contributed by atoms with van der Waals surface area (Å²) in [6.07, 6.45) is 1.32. The fourth-order valence-corrected chi connectivity index (χ4v) is 2.45. The van der Waals surface area contributed by atoms with Crippen LogP contribution in [-0.4, -0.2) is 11.0 Å². The number of rotatable bonds is 4. The molecule has 0 saturated heterocycles. The highest BCUT2D eigenvalue weighted by Crippen LogP contribution is 2.39. The van der Waals surface area contributed by atoms with E-state index in [0.29, 0.717) is 5.92 Å². The van der Waals surface area contributed by atoms with Crippen molar-refractivity contribution < 1.29 is 9.90 Å². The van der Waals surface area contributed by atoms with Gasteiger partial charge in [0.2, 0.25) is 5.91 Å². The van der Waals surface area contributed by atoms with Crippen LogP contribution in [0, 0.1) is 5.92 Å². The number of nitrogens with one attached hydrogen (secondary N) is 1. The lowest BCUT2D eigenvalue weighted by Gasteiger charge is -2.18. The second kappa shape index (κ2) is 4.97. The van der Waals surface area contributed by atoms with Crippen LogP contribution in [0.1, 0.15) is 57.8 Å². The van der Waals surface area contributed by atoms with E-state index in [-0.39, 0.29) is 5.91 Å². The summed E-state index contributed by atoms with van der Waals surface area (Å²) < 4.78 is 0. The van der Waals surface area contributed by atoms with Crippen LogP contribution in [0.4, 0.5) is 5.69 Å². The standard InChI is InChI=1S/C16H23NO2/c1-10(2)5-8-14(18)11-6-7-13-12(9-11)16(3,4)15(19)17-13/h6-7,9-10,14,18H,5,8H2,1-4H3,(H,17,19). The molecule has 1 atom stereocenters. The predicted molar refractivity (Wildman–Crippen MR) is 77.1 cm³/mol. The maximum Gasteiger partial charge on any atom is 0.234 e. The van der Waals surface area contributed by atoms with Crippen LogP contribution in [0.5, 0.6) is 0 Å². The van der Waals surface area contributed by atoms with Crippen molar-refractivity contribution in [2.24, 2.45) is 5.92 Å². The van der Waals surface area contributed by atoms with Crippen LogP contribution in [0.15, 0.2) is 18.2 Å². The van der Waals surface area contributed by atoms with E-state index in [0.717, 1.165) is 29.7 Å². The quantitative estimate of drug-likeness (QED) is 0.873. The molecule has 1 aliphatic heterocycles. The summed E-state index contributed by atoms with van der Waals surface area (Å²) >= 11 is 0. The van der Waals surface area contributed by atoms with Crippen LogP contribution in [0.2, 0.25) is 0 Å². The van der Waals surface area contributed by atoms with Crippen LogP contribution < -0.4 is 5.32 Å². The van der Waals surface area contributed by atoms with E-state index in [4.69, 9.17) is 0 Å². The maximum atomic E-state index is 11.9. The van der Waals surface area contributed by atoms with Crippen molar-refractivity contribution in [3.63, 3.8) is 0 Å². The molecule has 1 aromatic carbocycles. The molecule has 1 heterocycles. The van der Waals surface area contributed by atoms with Crippen molar-refractivity contribution in [1.29, 1.82) is 0 Å². The molecule has 1 unspecified atom stereocenters. The molecule has 19 heavy (non-hydrogen) atoms. The van der Waals surface area contributed by atoms with Gasteiger partial charge in [0.15, 0.2) is 0 Å². The van der Waals surface area contributed by atoms with Crippen molar-refractivity contribution in [1.82, 2.24) is 0 Å². The second-order valence-corrected chi connectivity index (χ2v) is 6.37. The van der Waals surface area contributed by atoms with E-state index in [1.165, 1.54) is 0 Å². The van der Waals surface area contributed by atoms with Gasteiger partial charge in [-0.25, -0.2) is 0 Å². The van der Waals surface area contributed by atoms with Gasteiger partial charge in [-0.3, -0.25) is 4.79 Å². The molecule has 0 spiro atoms. The minimum absolute atomic E-state index is 0.0244. The Morgan fingerprint density at radius 2 is 1.95 bits per heavy atom. The third-order valence-electron chi connectivity index (χ3n) is 3.94. The van der Waals surface area contributed by atoms with E-state index in [1.807, 2.05) is 32.0 Å². The van der Waals surface area contributed by atoms with E-state index in [9.17, 15) is 9.90 Å². The Morgan fingerprint density at radius 1 is 1.26 bits per heavy atom. The Bertz CT molecular complexity index is 492. The molecule has 2 rings (SSSR count). The summed E-state index contributed by atoms with van der Waals surface area (Å²) in [5.74, 6) is 0.611. The highest BCUT2D eigenvalue weighted by atomic mass is 16.3. The summed E-state index contributed by atoms with van der Waals surface area (Å²) in [6, 6.07) is 5.78. The SMILES string of the molecule is CC(C)CCC(O)c1ccc2c(c1)C(C)(C)C(=O)N2. The molecule has 3 nitrogen and oxygen atoms in total. The van der Waals surface area contributed by atoms with Gasteiger partial charge in [0.1, 0.15) is 0 Å². The molecular formula is C16H23NO2. The number of aliphatic hydroxyl groups is 1. The number of hydrogen-bond acceptors (Lipinski definition) is 2. The van der Waals surface area contributed by atoms with E-state index in [1.54, 1.807) is 0 Å². The van der Waals surface area contributed by atoms with Crippen molar-refractivity contribution in [3.8, 4) is 0 Å². The van der Waals surface area contributed by atoms with Gasteiger partial charge in [-0.2, -0.15) is 0 Å². The Labute approximate surface area is 115 Å². The average Bonchev–Trinajstić information content (AvgIpc) is 2.57. The van der Waals surface area contributed by atoms with Gasteiger partial charge in [-0.1, -0.05) is 26.0 Å². The molecule has 3 heteroatoms. The third kappa shape index (κ3) is 2.66. The third-order valence-corrected chi connectivity index (χ3v) is 3.94. The fraction of sp³-hybridized carbons (Fsp3) is 0.562. The van der Waals surface area contributed by atoms with E-state index in [2.05, 4.69) is 19.2 Å². The summed E-state index contributed by atoms with van der Waals surface area (Å²) in [5, 5.41) is 13.1. The van der Waals surface area contributed by atoms with Crippen LogP contribution in [0.25, 0.3) is 0 Å². The fourth-order valence-electron chi connectivity index (χ4n) is 2.45. The number of benzene rings is 1. The molecule has 0 saturated carbocycles. The van der Waals surface area contributed by atoms with Crippen LogP contribution in [0.3, 0.4) is 0 Å². The predicted octanol–water partition coefficient (Wildman–Crippen LogP) is 3.39. The van der Waals surface area contributed by atoms with E-state index >= 15 is 0 Å². The van der Waals surface area contributed by atoms with Gasteiger partial charge < -0.3 is 10.4 Å². The van der Waals surface area contributed by atoms with Crippen LogP contribution in [-0.2, 0) is 10.2 Å². The second-order valence-electron chi connectivity index (χ2n) is 6.37. The van der Waals surface area contributed by atoms with Crippen LogP contribution >= 0.6 is 0 Å². The average molecular weight is 261 g/mol. The number of anilines is 1. The summed E-state index contributed by atoms with van der Waals surface area (Å²) in [6.45, 7) is 8.14. The Balaban J connectivity index is 2.23. The lowest BCUT2D eigenvalue weighted by atomic mass is 9.84. The molecular weight excluding hydrogens is 238 g/mol. The van der Waals surface area contributed by atoms with Crippen molar-refractivity contribution in [2.75, 3.05) is 5.32 Å². The summed E-state index contributed by atoms with van der Waals surface area (Å²) in [7, 11) is 0. The van der Waals surface area contributed by atoms with Gasteiger partial charge in [0.05, 0.1) is 11.5 Å². The number of amides is 1. The maximum absolute atomic E-state index is 11.9. The molecule has 104 valence electrons. The van der Waals surface area contributed by atoms with Gasteiger partial charge >= 0.3 is 0 Å². The smallest absolute Gasteiger partial charge is 0.234 e. The lowest BCUT2D eigenvalue weighted by Crippen LogP contribution is -2.26. The molecule has 0 aromatic heterocycles. The Morgan fingerprint density at radius 3 is 2.58 bits per heavy atom. The minimum atomic E-state index is -0.511. The summed E-state index contributed by atoms with van der Waals surface area (Å²) in [5.41, 5.74) is 2.25. The lowest BCUT2D eigenvalue weighted by molar-refractivity contribution is -0.119. The molecule has 1 amide bonds. The Kier molecular flexibility index (Phi) is 3.68. The number of carbonyl (C=O) groups excluding carboxylic acids is 1. The first-order valence-electron chi connectivity index (χ1n) is 6.96. The number of fused-ring (bicyclic) bond motifs is 1. The monoisotopic (exact) mass is 261 g/mol. The molecule has 0 fully saturated rings. The molecule has 2 N–H and O–H groups in total. The zero-order valence-corrected chi connectivity index (χ0v) is 12.2. The molecule has 0 aliphatic carbocycles. The van der Waals surface area contributed by atoms with E-state index < -0.39 is 11.5 Å². The number of aliphatic hydroxyl groups excluding tert-OH is 1. The topological polar surface area (TPSA) is 49.3 Å². The molecule has 1 aliphatic rings.